The maximum Gasteiger partial charge on any atom is 0.308 e. The summed E-state index contributed by atoms with van der Waals surface area (Å²) in [5.41, 5.74) is 0.522. The molecule has 1 aliphatic heterocycles. The molecule has 1 aliphatic rings. The Labute approximate surface area is 155 Å². The van der Waals surface area contributed by atoms with Crippen molar-refractivity contribution in [2.24, 2.45) is 0 Å². The molecule has 1 amide bonds. The van der Waals surface area contributed by atoms with Crippen LogP contribution in [0.3, 0.4) is 0 Å². The van der Waals surface area contributed by atoms with Crippen LogP contribution in [0, 0.1) is 5.82 Å². The average Bonchev–Trinajstić information content (AvgIpc) is 2.72. The van der Waals surface area contributed by atoms with Gasteiger partial charge in [-0.15, -0.1) is 0 Å². The van der Waals surface area contributed by atoms with E-state index in [0.717, 1.165) is 0 Å². The number of fused-ring (bicyclic) bond motifs is 1. The molecule has 0 saturated carbocycles. The van der Waals surface area contributed by atoms with Crippen molar-refractivity contribution in [3.05, 3.63) is 65.5 Å². The van der Waals surface area contributed by atoms with Crippen molar-refractivity contribution in [3.8, 4) is 0 Å². The highest BCUT2D eigenvalue weighted by molar-refractivity contribution is 7.91. The summed E-state index contributed by atoms with van der Waals surface area (Å²) in [5.74, 6) is -2.14. The van der Waals surface area contributed by atoms with Crippen LogP contribution in [0.15, 0.2) is 59.0 Å². The van der Waals surface area contributed by atoms with E-state index >= 15 is 0 Å². The molecule has 0 fully saturated rings. The van der Waals surface area contributed by atoms with Gasteiger partial charge in [0.1, 0.15) is 11.6 Å². The lowest BCUT2D eigenvalue weighted by molar-refractivity contribution is -0.134. The molecule has 0 bridgehead atoms. The van der Waals surface area contributed by atoms with Gasteiger partial charge in [0, 0.05) is 18.2 Å². The standard InChI is InChI=1S/C19H16FNO5S/c1-12(22)26-18-15-4-2-3-5-17(15)27(24,25)11-10-16(18)19(23)21-14-8-6-13(20)7-9-14/h2-9H,10-11H2,1H3,(H,21,23). The number of carbonyl (C=O) groups is 2. The summed E-state index contributed by atoms with van der Waals surface area (Å²) in [6, 6.07) is 11.2. The number of benzene rings is 2. The molecule has 6 nitrogen and oxygen atoms in total. The van der Waals surface area contributed by atoms with Crippen LogP contribution in [-0.2, 0) is 24.2 Å². The van der Waals surface area contributed by atoms with Crippen LogP contribution < -0.4 is 5.32 Å². The summed E-state index contributed by atoms with van der Waals surface area (Å²) in [4.78, 5) is 24.4. The molecule has 0 atom stereocenters. The molecule has 1 N–H and O–H groups in total. The smallest absolute Gasteiger partial charge is 0.308 e. The van der Waals surface area contributed by atoms with Crippen LogP contribution >= 0.6 is 0 Å². The third-order valence-electron chi connectivity index (χ3n) is 3.98. The second-order valence-corrected chi connectivity index (χ2v) is 8.00. The number of anilines is 1. The first-order valence-electron chi connectivity index (χ1n) is 8.08. The third-order valence-corrected chi connectivity index (χ3v) is 5.75. The summed E-state index contributed by atoms with van der Waals surface area (Å²) in [6.07, 6.45) is -0.132. The van der Waals surface area contributed by atoms with Gasteiger partial charge >= 0.3 is 5.97 Å². The van der Waals surface area contributed by atoms with Gasteiger partial charge in [0.05, 0.1) is 16.2 Å². The Morgan fingerprint density at radius 2 is 1.74 bits per heavy atom. The van der Waals surface area contributed by atoms with Crippen LogP contribution in [0.25, 0.3) is 5.76 Å². The zero-order valence-corrected chi connectivity index (χ0v) is 15.2. The highest BCUT2D eigenvalue weighted by Crippen LogP contribution is 2.33. The van der Waals surface area contributed by atoms with Crippen LogP contribution in [0.4, 0.5) is 10.1 Å². The largest absolute Gasteiger partial charge is 0.426 e. The molecule has 2 aromatic carbocycles. The van der Waals surface area contributed by atoms with Gasteiger partial charge in [-0.1, -0.05) is 12.1 Å². The lowest BCUT2D eigenvalue weighted by Gasteiger charge is -2.13. The van der Waals surface area contributed by atoms with Crippen LogP contribution in [0.2, 0.25) is 0 Å². The highest BCUT2D eigenvalue weighted by atomic mass is 32.2. The molecule has 3 rings (SSSR count). The predicted molar refractivity (Wildman–Crippen MR) is 96.8 cm³/mol. The Morgan fingerprint density at radius 3 is 2.41 bits per heavy atom. The zero-order chi connectivity index (χ0) is 19.6. The molecule has 0 radical (unpaired) electrons. The Kier molecular flexibility index (Phi) is 5.09. The fourth-order valence-corrected chi connectivity index (χ4v) is 4.24. The minimum atomic E-state index is -3.65. The number of amides is 1. The number of hydrogen-bond acceptors (Lipinski definition) is 5. The van der Waals surface area contributed by atoms with Gasteiger partial charge in [-0.3, -0.25) is 9.59 Å². The maximum absolute atomic E-state index is 13.0. The molecular formula is C19H16FNO5S. The molecule has 27 heavy (non-hydrogen) atoms. The Hall–Kier alpha value is -3.00. The molecule has 0 aromatic heterocycles. The summed E-state index contributed by atoms with van der Waals surface area (Å²) < 4.78 is 43.4. The van der Waals surface area contributed by atoms with Gasteiger partial charge in [-0.05, 0) is 42.8 Å². The fourth-order valence-electron chi connectivity index (χ4n) is 2.76. The number of esters is 1. The first-order valence-corrected chi connectivity index (χ1v) is 9.74. The van der Waals surface area contributed by atoms with Crippen LogP contribution in [0.1, 0.15) is 18.9 Å². The summed E-state index contributed by atoms with van der Waals surface area (Å²) in [6.45, 7) is 1.17. The number of nitrogens with one attached hydrogen (secondary N) is 1. The van der Waals surface area contributed by atoms with Crippen LogP contribution in [-0.4, -0.2) is 26.0 Å². The minimum Gasteiger partial charge on any atom is -0.426 e. The second kappa shape index (κ2) is 7.32. The normalized spacial score (nSPS) is 15.5. The van der Waals surface area contributed by atoms with Gasteiger partial charge < -0.3 is 10.1 Å². The first-order chi connectivity index (χ1) is 12.8. The van der Waals surface area contributed by atoms with Gasteiger partial charge in [-0.25, -0.2) is 12.8 Å². The van der Waals surface area contributed by atoms with Gasteiger partial charge in [0.15, 0.2) is 9.84 Å². The van der Waals surface area contributed by atoms with Crippen molar-refractivity contribution in [3.63, 3.8) is 0 Å². The van der Waals surface area contributed by atoms with E-state index < -0.39 is 27.5 Å². The second-order valence-electron chi connectivity index (χ2n) is 5.93. The van der Waals surface area contributed by atoms with Gasteiger partial charge in [-0.2, -0.15) is 0 Å². The SMILES string of the molecule is CC(=O)OC1=C(C(=O)Nc2ccc(F)cc2)CCS(=O)(=O)c2ccccc21. The van der Waals surface area contributed by atoms with E-state index in [4.69, 9.17) is 4.74 Å². The van der Waals surface area contributed by atoms with Crippen molar-refractivity contribution in [1.29, 1.82) is 0 Å². The first kappa shape index (κ1) is 18.8. The fraction of sp³-hybridized carbons (Fsp3) is 0.158. The molecule has 0 aliphatic carbocycles. The topological polar surface area (TPSA) is 89.5 Å². The van der Waals surface area contributed by atoms with E-state index in [-0.39, 0.29) is 34.0 Å². The quantitative estimate of drug-likeness (QED) is 0.816. The minimum absolute atomic E-state index is 0.00540. The molecular weight excluding hydrogens is 373 g/mol. The number of carbonyl (C=O) groups excluding carboxylic acids is 2. The Balaban J connectivity index is 2.09. The van der Waals surface area contributed by atoms with Crippen molar-refractivity contribution in [1.82, 2.24) is 0 Å². The Bertz CT molecular complexity index is 1040. The number of ether oxygens (including phenoxy) is 1. The van der Waals surface area contributed by atoms with E-state index in [2.05, 4.69) is 5.32 Å². The van der Waals surface area contributed by atoms with Crippen molar-refractivity contribution in [2.45, 2.75) is 18.2 Å². The van der Waals surface area contributed by atoms with Gasteiger partial charge in [0.2, 0.25) is 0 Å². The van der Waals surface area contributed by atoms with E-state index in [1.54, 1.807) is 12.1 Å². The number of rotatable bonds is 3. The highest BCUT2D eigenvalue weighted by Gasteiger charge is 2.31. The lowest BCUT2D eigenvalue weighted by Crippen LogP contribution is -2.18. The molecule has 1 heterocycles. The average molecular weight is 389 g/mol. The molecule has 0 unspecified atom stereocenters. The summed E-state index contributed by atoms with van der Waals surface area (Å²) in [5, 5.41) is 2.58. The monoisotopic (exact) mass is 389 g/mol. The maximum atomic E-state index is 13.0. The van der Waals surface area contributed by atoms with Crippen molar-refractivity contribution >= 4 is 33.2 Å². The summed E-state index contributed by atoms with van der Waals surface area (Å²) >= 11 is 0. The van der Waals surface area contributed by atoms with Crippen molar-refractivity contribution < 1.29 is 27.1 Å². The van der Waals surface area contributed by atoms with Crippen molar-refractivity contribution in [2.75, 3.05) is 11.1 Å². The van der Waals surface area contributed by atoms with E-state index in [1.165, 1.54) is 43.3 Å². The number of halogens is 1. The van der Waals surface area contributed by atoms with Gasteiger partial charge in [0.25, 0.3) is 5.91 Å². The molecule has 140 valence electrons. The third kappa shape index (κ3) is 4.06. The number of hydrogen-bond donors (Lipinski definition) is 1. The molecule has 8 heteroatoms. The molecule has 0 spiro atoms. The van der Waals surface area contributed by atoms with E-state index in [9.17, 15) is 22.4 Å². The van der Waals surface area contributed by atoms with Crippen LogP contribution in [0.5, 0.6) is 0 Å². The van der Waals surface area contributed by atoms with E-state index in [0.29, 0.717) is 5.69 Å². The summed E-state index contributed by atoms with van der Waals surface area (Å²) in [7, 11) is -3.65. The predicted octanol–water partition coefficient (Wildman–Crippen LogP) is 2.92. The molecule has 0 saturated heterocycles. The Morgan fingerprint density at radius 1 is 1.07 bits per heavy atom. The number of sulfone groups is 1. The molecule has 2 aromatic rings. The lowest BCUT2D eigenvalue weighted by atomic mass is 10.1. The zero-order valence-electron chi connectivity index (χ0n) is 14.4. The van der Waals surface area contributed by atoms with E-state index in [1.807, 2.05) is 0 Å².